The summed E-state index contributed by atoms with van der Waals surface area (Å²) in [4.78, 5) is 11.1. The summed E-state index contributed by atoms with van der Waals surface area (Å²) in [6.07, 6.45) is 6.81. The molecule has 1 aromatic rings. The molecule has 1 saturated carbocycles. The summed E-state index contributed by atoms with van der Waals surface area (Å²) in [6.45, 7) is 2.07. The highest BCUT2D eigenvalue weighted by Gasteiger charge is 2.36. The van der Waals surface area contributed by atoms with Gasteiger partial charge in [0.1, 0.15) is 5.75 Å². The van der Waals surface area contributed by atoms with Crippen LogP contribution in [0.3, 0.4) is 0 Å². The van der Waals surface area contributed by atoms with Gasteiger partial charge in [0, 0.05) is 11.5 Å². The Morgan fingerprint density at radius 3 is 2.70 bits per heavy atom. The summed E-state index contributed by atoms with van der Waals surface area (Å²) < 4.78 is 0. The highest BCUT2D eigenvalue weighted by Crippen LogP contribution is 2.49. The lowest BCUT2D eigenvalue weighted by atomic mass is 9.80. The molecule has 20 heavy (non-hydrogen) atoms. The van der Waals surface area contributed by atoms with E-state index < -0.39 is 5.97 Å². The number of rotatable bonds is 4. The van der Waals surface area contributed by atoms with E-state index in [9.17, 15) is 9.90 Å². The summed E-state index contributed by atoms with van der Waals surface area (Å²) in [5.74, 6) is -0.0169. The molecule has 3 nitrogen and oxygen atoms in total. The van der Waals surface area contributed by atoms with E-state index in [4.69, 9.17) is 5.11 Å². The van der Waals surface area contributed by atoms with Gasteiger partial charge in [0.25, 0.3) is 0 Å². The monoisotopic (exact) mass is 274 g/mol. The summed E-state index contributed by atoms with van der Waals surface area (Å²) in [5.41, 5.74) is 4.69. The number of hydrogen-bond donors (Lipinski definition) is 2. The molecule has 0 aliphatic heterocycles. The standard InChI is InChI=1S/C17H22O3/c1-10-13-5-3-2-4-12(13)8-15(18)17(10)14(9-16(19)20)11-6-7-11/h8,11,14,18H,2-7,9H2,1H3,(H,19,20). The Labute approximate surface area is 119 Å². The van der Waals surface area contributed by atoms with E-state index in [0.29, 0.717) is 11.7 Å². The van der Waals surface area contributed by atoms with Gasteiger partial charge in [0.2, 0.25) is 0 Å². The number of fused-ring (bicyclic) bond motifs is 1. The van der Waals surface area contributed by atoms with Crippen LogP contribution in [-0.4, -0.2) is 16.2 Å². The highest BCUT2D eigenvalue weighted by atomic mass is 16.4. The summed E-state index contributed by atoms with van der Waals surface area (Å²) in [5, 5.41) is 19.6. The fourth-order valence-corrected chi connectivity index (χ4v) is 3.77. The second-order valence-corrected chi connectivity index (χ2v) is 6.32. The van der Waals surface area contributed by atoms with Crippen LogP contribution >= 0.6 is 0 Å². The van der Waals surface area contributed by atoms with Gasteiger partial charge in [-0.2, -0.15) is 0 Å². The Balaban J connectivity index is 2.04. The number of aryl methyl sites for hydroxylation is 1. The average molecular weight is 274 g/mol. The number of hydrogen-bond acceptors (Lipinski definition) is 2. The van der Waals surface area contributed by atoms with Gasteiger partial charge in [-0.15, -0.1) is 0 Å². The largest absolute Gasteiger partial charge is 0.508 e. The first-order valence-corrected chi connectivity index (χ1v) is 7.64. The zero-order chi connectivity index (χ0) is 14.3. The van der Waals surface area contributed by atoms with Crippen molar-refractivity contribution in [3.8, 4) is 5.75 Å². The molecule has 2 aliphatic carbocycles. The average Bonchev–Trinajstić information content (AvgIpc) is 3.21. The van der Waals surface area contributed by atoms with E-state index in [2.05, 4.69) is 6.92 Å². The zero-order valence-electron chi connectivity index (χ0n) is 12.0. The van der Waals surface area contributed by atoms with Gasteiger partial charge in [-0.05, 0) is 74.1 Å². The first kappa shape index (κ1) is 13.5. The molecular formula is C17H22O3. The van der Waals surface area contributed by atoms with Crippen molar-refractivity contribution in [2.75, 3.05) is 0 Å². The van der Waals surface area contributed by atoms with E-state index in [0.717, 1.165) is 36.8 Å². The first-order chi connectivity index (χ1) is 9.58. The maximum Gasteiger partial charge on any atom is 0.303 e. The molecule has 2 aliphatic rings. The van der Waals surface area contributed by atoms with Gasteiger partial charge in [-0.25, -0.2) is 0 Å². The quantitative estimate of drug-likeness (QED) is 0.882. The first-order valence-electron chi connectivity index (χ1n) is 7.64. The van der Waals surface area contributed by atoms with Gasteiger partial charge >= 0.3 is 5.97 Å². The maximum atomic E-state index is 11.1. The lowest BCUT2D eigenvalue weighted by Crippen LogP contribution is -2.14. The fraction of sp³-hybridized carbons (Fsp3) is 0.588. The van der Waals surface area contributed by atoms with Gasteiger partial charge in [0.05, 0.1) is 6.42 Å². The summed E-state index contributed by atoms with van der Waals surface area (Å²) >= 11 is 0. The minimum atomic E-state index is -0.765. The molecular weight excluding hydrogens is 252 g/mol. The van der Waals surface area contributed by atoms with E-state index in [1.165, 1.54) is 24.0 Å². The molecule has 0 saturated heterocycles. The Morgan fingerprint density at radius 2 is 2.05 bits per heavy atom. The molecule has 0 heterocycles. The molecule has 3 rings (SSSR count). The van der Waals surface area contributed by atoms with Crippen molar-refractivity contribution in [2.24, 2.45) is 5.92 Å². The van der Waals surface area contributed by atoms with Crippen molar-refractivity contribution in [1.82, 2.24) is 0 Å². The lowest BCUT2D eigenvalue weighted by molar-refractivity contribution is -0.137. The van der Waals surface area contributed by atoms with Crippen LogP contribution in [0.25, 0.3) is 0 Å². The highest BCUT2D eigenvalue weighted by molar-refractivity contribution is 5.69. The number of carbonyl (C=O) groups is 1. The Morgan fingerprint density at radius 1 is 1.35 bits per heavy atom. The number of benzene rings is 1. The fourth-order valence-electron chi connectivity index (χ4n) is 3.77. The van der Waals surface area contributed by atoms with E-state index in [1.807, 2.05) is 6.07 Å². The van der Waals surface area contributed by atoms with Crippen molar-refractivity contribution in [3.05, 3.63) is 28.3 Å². The number of phenols is 1. The van der Waals surface area contributed by atoms with Gasteiger partial charge < -0.3 is 10.2 Å². The van der Waals surface area contributed by atoms with Crippen LogP contribution in [0.2, 0.25) is 0 Å². The minimum Gasteiger partial charge on any atom is -0.508 e. The molecule has 1 aromatic carbocycles. The summed E-state index contributed by atoms with van der Waals surface area (Å²) in [7, 11) is 0. The van der Waals surface area contributed by atoms with Crippen molar-refractivity contribution < 1.29 is 15.0 Å². The topological polar surface area (TPSA) is 57.5 Å². The Kier molecular flexibility index (Phi) is 3.45. The predicted octanol–water partition coefficient (Wildman–Crippen LogP) is 3.55. The molecule has 0 bridgehead atoms. The molecule has 0 aromatic heterocycles. The van der Waals surface area contributed by atoms with Crippen LogP contribution in [-0.2, 0) is 17.6 Å². The van der Waals surface area contributed by atoms with Crippen LogP contribution < -0.4 is 0 Å². The van der Waals surface area contributed by atoms with E-state index in [-0.39, 0.29) is 12.3 Å². The second kappa shape index (κ2) is 5.12. The van der Waals surface area contributed by atoms with Crippen molar-refractivity contribution in [3.63, 3.8) is 0 Å². The third kappa shape index (κ3) is 2.41. The SMILES string of the molecule is Cc1c2c(cc(O)c1C(CC(=O)O)C1CC1)CCCC2. The third-order valence-electron chi connectivity index (χ3n) is 4.91. The third-order valence-corrected chi connectivity index (χ3v) is 4.91. The molecule has 0 radical (unpaired) electrons. The number of phenolic OH excluding ortho intramolecular Hbond substituents is 1. The number of carboxylic acid groups (broad SMARTS) is 1. The van der Waals surface area contributed by atoms with Crippen LogP contribution in [0.4, 0.5) is 0 Å². The van der Waals surface area contributed by atoms with E-state index >= 15 is 0 Å². The van der Waals surface area contributed by atoms with Crippen molar-refractivity contribution in [1.29, 1.82) is 0 Å². The molecule has 3 heteroatoms. The van der Waals surface area contributed by atoms with Gasteiger partial charge in [-0.3, -0.25) is 4.79 Å². The van der Waals surface area contributed by atoms with Crippen molar-refractivity contribution >= 4 is 5.97 Å². The van der Waals surface area contributed by atoms with E-state index in [1.54, 1.807) is 0 Å². The van der Waals surface area contributed by atoms with Crippen LogP contribution in [0.15, 0.2) is 6.07 Å². The molecule has 0 amide bonds. The van der Waals surface area contributed by atoms with Gasteiger partial charge in [0.15, 0.2) is 0 Å². The van der Waals surface area contributed by atoms with Crippen LogP contribution in [0.5, 0.6) is 5.75 Å². The van der Waals surface area contributed by atoms with Gasteiger partial charge in [-0.1, -0.05) is 0 Å². The molecule has 1 atom stereocenters. The minimum absolute atomic E-state index is 0.0141. The molecule has 1 unspecified atom stereocenters. The predicted molar refractivity (Wildman–Crippen MR) is 77.2 cm³/mol. The number of aromatic hydroxyl groups is 1. The lowest BCUT2D eigenvalue weighted by Gasteiger charge is -2.25. The molecule has 2 N–H and O–H groups in total. The molecule has 108 valence electrons. The smallest absolute Gasteiger partial charge is 0.303 e. The molecule has 0 spiro atoms. The van der Waals surface area contributed by atoms with Crippen LogP contribution in [0.1, 0.15) is 60.3 Å². The zero-order valence-corrected chi connectivity index (χ0v) is 12.0. The molecule has 1 fully saturated rings. The normalized spacial score (nSPS) is 19.4. The summed E-state index contributed by atoms with van der Waals surface area (Å²) in [6, 6.07) is 1.90. The number of aliphatic carboxylic acids is 1. The van der Waals surface area contributed by atoms with Crippen LogP contribution in [0, 0.1) is 12.8 Å². The van der Waals surface area contributed by atoms with Crippen molar-refractivity contribution in [2.45, 2.75) is 57.8 Å². The Hall–Kier alpha value is -1.51. The number of carboxylic acids is 1. The maximum absolute atomic E-state index is 11.1. The second-order valence-electron chi connectivity index (χ2n) is 6.32. The Bertz CT molecular complexity index is 544.